The molecule has 0 radical (unpaired) electrons. The fourth-order valence-corrected chi connectivity index (χ4v) is 4.67. The largest absolute Gasteiger partial charge is 0.303 e. The van der Waals surface area contributed by atoms with Crippen LogP contribution in [0.4, 0.5) is 0 Å². The zero-order valence-electron chi connectivity index (χ0n) is 14.2. The lowest BCUT2D eigenvalue weighted by atomic mass is 9.69. The van der Waals surface area contributed by atoms with E-state index in [9.17, 15) is 0 Å². The average Bonchev–Trinajstić information content (AvgIpc) is 2.43. The highest BCUT2D eigenvalue weighted by atomic mass is 127. The molecule has 0 N–H and O–H groups in total. The van der Waals surface area contributed by atoms with Gasteiger partial charge in [-0.1, -0.05) is 26.0 Å². The van der Waals surface area contributed by atoms with Crippen molar-refractivity contribution in [3.63, 3.8) is 0 Å². The summed E-state index contributed by atoms with van der Waals surface area (Å²) in [5, 5.41) is 0. The second-order valence-electron chi connectivity index (χ2n) is 7.41. The number of aryl methyl sites for hydroxylation is 1. The van der Waals surface area contributed by atoms with E-state index in [0.29, 0.717) is 5.54 Å². The maximum atomic E-state index is 2.51. The third-order valence-electron chi connectivity index (χ3n) is 5.71. The second-order valence-corrected chi connectivity index (χ2v) is 8.57. The van der Waals surface area contributed by atoms with E-state index in [-0.39, 0.29) is 0 Å². The van der Waals surface area contributed by atoms with E-state index < -0.39 is 0 Å². The fraction of sp³-hybridized carbons (Fsp3) is 0.684. The van der Waals surface area contributed by atoms with E-state index in [4.69, 9.17) is 0 Å². The summed E-state index contributed by atoms with van der Waals surface area (Å²) < 4.78 is 1.43. The van der Waals surface area contributed by atoms with Crippen LogP contribution in [0.25, 0.3) is 0 Å². The highest BCUT2D eigenvalue weighted by Crippen LogP contribution is 2.41. The summed E-state index contributed by atoms with van der Waals surface area (Å²) in [4.78, 5) is 2.51. The van der Waals surface area contributed by atoms with Crippen LogP contribution in [0.15, 0.2) is 18.2 Å². The van der Waals surface area contributed by atoms with E-state index in [1.165, 1.54) is 41.2 Å². The normalized spacial score (nSPS) is 26.6. The highest BCUT2D eigenvalue weighted by molar-refractivity contribution is 14.1. The zero-order chi connectivity index (χ0) is 15.6. The van der Waals surface area contributed by atoms with Crippen LogP contribution in [0.1, 0.15) is 50.7 Å². The molecule has 0 saturated heterocycles. The molecule has 0 aromatic heterocycles. The Morgan fingerprint density at radius 1 is 1.24 bits per heavy atom. The van der Waals surface area contributed by atoms with E-state index in [1.807, 2.05) is 0 Å². The lowest BCUT2D eigenvalue weighted by molar-refractivity contribution is 0.0680. The minimum absolute atomic E-state index is 0.359. The second kappa shape index (κ2) is 6.99. The lowest BCUT2D eigenvalue weighted by Gasteiger charge is -2.46. The van der Waals surface area contributed by atoms with E-state index in [1.54, 1.807) is 5.56 Å². The molecule has 1 aromatic carbocycles. The molecule has 0 amide bonds. The maximum absolute atomic E-state index is 2.51. The molecule has 0 aliphatic heterocycles. The Labute approximate surface area is 144 Å². The summed E-state index contributed by atoms with van der Waals surface area (Å²) in [6.45, 7) is 7.04. The first-order valence-corrected chi connectivity index (χ1v) is 9.35. The Morgan fingerprint density at radius 3 is 2.33 bits per heavy atom. The molecule has 0 unspecified atom stereocenters. The molecule has 1 aliphatic carbocycles. The highest BCUT2D eigenvalue weighted by Gasteiger charge is 2.38. The van der Waals surface area contributed by atoms with Crippen molar-refractivity contribution in [3.05, 3.63) is 32.9 Å². The molecule has 1 aromatic rings. The lowest BCUT2D eigenvalue weighted by Crippen LogP contribution is -2.49. The molecule has 0 heterocycles. The molecule has 2 rings (SSSR count). The van der Waals surface area contributed by atoms with Crippen LogP contribution in [-0.4, -0.2) is 24.5 Å². The Hall–Kier alpha value is -0.0900. The third-order valence-corrected chi connectivity index (χ3v) is 6.72. The predicted octanol–water partition coefficient (Wildman–Crippen LogP) is 5.29. The molecule has 0 spiro atoms. The monoisotopic (exact) mass is 399 g/mol. The number of hydrogen-bond donors (Lipinski definition) is 0. The van der Waals surface area contributed by atoms with Gasteiger partial charge in [-0.25, -0.2) is 0 Å². The molecule has 1 saturated carbocycles. The van der Waals surface area contributed by atoms with Crippen molar-refractivity contribution >= 4 is 22.6 Å². The average molecular weight is 399 g/mol. The van der Waals surface area contributed by atoms with Gasteiger partial charge in [0.05, 0.1) is 0 Å². The van der Waals surface area contributed by atoms with Gasteiger partial charge in [-0.05, 0) is 105 Å². The molecule has 2 heteroatoms. The topological polar surface area (TPSA) is 3.24 Å². The molecule has 1 aliphatic rings. The summed E-state index contributed by atoms with van der Waals surface area (Å²) in [5.41, 5.74) is 3.38. The van der Waals surface area contributed by atoms with E-state index in [0.717, 1.165) is 11.8 Å². The fourth-order valence-electron chi connectivity index (χ4n) is 3.85. The molecule has 21 heavy (non-hydrogen) atoms. The van der Waals surface area contributed by atoms with Gasteiger partial charge in [0.25, 0.3) is 0 Å². The Kier molecular flexibility index (Phi) is 5.75. The predicted molar refractivity (Wildman–Crippen MR) is 101 cm³/mol. The van der Waals surface area contributed by atoms with Gasteiger partial charge in [0, 0.05) is 9.11 Å². The molecular weight excluding hydrogens is 369 g/mol. The first kappa shape index (κ1) is 17.3. The Balaban J connectivity index is 2.21. The summed E-state index contributed by atoms with van der Waals surface area (Å²) >= 11 is 2.51. The van der Waals surface area contributed by atoms with Gasteiger partial charge < -0.3 is 4.90 Å². The minimum atomic E-state index is 0.359. The SMILES string of the molecule is Cc1cccc(I)c1CC1(N(C)C)CCC(C(C)C)CC1. The van der Waals surface area contributed by atoms with Crippen molar-refractivity contribution in [1.82, 2.24) is 4.90 Å². The third kappa shape index (κ3) is 3.82. The van der Waals surface area contributed by atoms with Crippen molar-refractivity contribution in [2.75, 3.05) is 14.1 Å². The van der Waals surface area contributed by atoms with Gasteiger partial charge in [0.15, 0.2) is 0 Å². The van der Waals surface area contributed by atoms with Crippen molar-refractivity contribution < 1.29 is 0 Å². The van der Waals surface area contributed by atoms with Crippen LogP contribution in [0.5, 0.6) is 0 Å². The maximum Gasteiger partial charge on any atom is 0.0244 e. The van der Waals surface area contributed by atoms with E-state index >= 15 is 0 Å². The number of likely N-dealkylation sites (N-methyl/N-ethyl adjacent to an activating group) is 1. The standard InChI is InChI=1S/C19H30IN/c1-14(2)16-9-11-19(12-10-16,21(4)5)13-17-15(3)7-6-8-18(17)20/h6-8,14,16H,9-13H2,1-5H3. The van der Waals surface area contributed by atoms with Gasteiger partial charge in [-0.15, -0.1) is 0 Å². The van der Waals surface area contributed by atoms with Crippen molar-refractivity contribution in [1.29, 1.82) is 0 Å². The van der Waals surface area contributed by atoms with Gasteiger partial charge in [0.2, 0.25) is 0 Å². The first-order valence-electron chi connectivity index (χ1n) is 8.27. The number of hydrogen-bond acceptors (Lipinski definition) is 1. The first-order chi connectivity index (χ1) is 9.85. The van der Waals surface area contributed by atoms with Gasteiger partial charge in [-0.3, -0.25) is 0 Å². The van der Waals surface area contributed by atoms with E-state index in [2.05, 4.69) is 80.6 Å². The molecule has 0 atom stereocenters. The van der Waals surface area contributed by atoms with Crippen LogP contribution in [0.2, 0.25) is 0 Å². The quantitative estimate of drug-likeness (QED) is 0.622. The summed E-state index contributed by atoms with van der Waals surface area (Å²) in [6, 6.07) is 6.70. The molecule has 118 valence electrons. The molecule has 0 bridgehead atoms. The Bertz CT molecular complexity index is 450. The summed E-state index contributed by atoms with van der Waals surface area (Å²) in [5.74, 6) is 1.76. The van der Waals surface area contributed by atoms with Crippen molar-refractivity contribution in [3.8, 4) is 0 Å². The van der Waals surface area contributed by atoms with Crippen molar-refractivity contribution in [2.45, 2.75) is 58.4 Å². The molecule has 1 nitrogen and oxygen atoms in total. The number of nitrogens with zero attached hydrogens (tertiary/aromatic N) is 1. The number of benzene rings is 1. The van der Waals surface area contributed by atoms with Crippen LogP contribution in [0, 0.1) is 22.3 Å². The smallest absolute Gasteiger partial charge is 0.0244 e. The zero-order valence-corrected chi connectivity index (χ0v) is 16.4. The number of rotatable bonds is 4. The van der Waals surface area contributed by atoms with Crippen LogP contribution in [-0.2, 0) is 6.42 Å². The van der Waals surface area contributed by atoms with Gasteiger partial charge in [-0.2, -0.15) is 0 Å². The summed E-state index contributed by atoms with van der Waals surface area (Å²) in [6.07, 6.45) is 6.66. The van der Waals surface area contributed by atoms with Crippen molar-refractivity contribution in [2.24, 2.45) is 11.8 Å². The van der Waals surface area contributed by atoms with Crippen LogP contribution >= 0.6 is 22.6 Å². The van der Waals surface area contributed by atoms with Crippen LogP contribution in [0.3, 0.4) is 0 Å². The Morgan fingerprint density at radius 2 is 1.86 bits per heavy atom. The molecule has 1 fully saturated rings. The van der Waals surface area contributed by atoms with Gasteiger partial charge in [0.1, 0.15) is 0 Å². The summed E-state index contributed by atoms with van der Waals surface area (Å²) in [7, 11) is 4.56. The number of halogens is 1. The van der Waals surface area contributed by atoms with Gasteiger partial charge >= 0.3 is 0 Å². The molecular formula is C19H30IN. The minimum Gasteiger partial charge on any atom is -0.303 e. The van der Waals surface area contributed by atoms with Crippen LogP contribution < -0.4 is 0 Å².